The van der Waals surface area contributed by atoms with E-state index in [4.69, 9.17) is 0 Å². The molecule has 1 saturated heterocycles. The Morgan fingerprint density at radius 3 is 2.86 bits per heavy atom. The Bertz CT molecular complexity index is 562. The van der Waals surface area contributed by atoms with Crippen molar-refractivity contribution in [3.8, 4) is 0 Å². The van der Waals surface area contributed by atoms with E-state index in [-0.39, 0.29) is 0 Å². The number of likely N-dealkylation sites (tertiary alicyclic amines) is 1. The summed E-state index contributed by atoms with van der Waals surface area (Å²) in [6.45, 7) is 7.68. The van der Waals surface area contributed by atoms with E-state index in [1.165, 1.54) is 24.2 Å². The van der Waals surface area contributed by atoms with Gasteiger partial charge in [-0.05, 0) is 38.0 Å². The monoisotopic (exact) mass is 284 g/mol. The molecule has 0 bridgehead atoms. The number of para-hydroxylation sites is 1. The van der Waals surface area contributed by atoms with Crippen LogP contribution in [-0.2, 0) is 6.54 Å². The summed E-state index contributed by atoms with van der Waals surface area (Å²) in [5.74, 6) is 0. The lowest BCUT2D eigenvalue weighted by Crippen LogP contribution is -2.31. The van der Waals surface area contributed by atoms with Crippen LogP contribution in [-0.4, -0.2) is 39.9 Å². The van der Waals surface area contributed by atoms with Gasteiger partial charge in [0, 0.05) is 43.3 Å². The number of nitrogens with one attached hydrogen (secondary N) is 1. The van der Waals surface area contributed by atoms with Crippen molar-refractivity contribution in [3.63, 3.8) is 0 Å². The highest BCUT2D eigenvalue weighted by Gasteiger charge is 2.24. The van der Waals surface area contributed by atoms with E-state index in [0.29, 0.717) is 12.1 Å². The molecule has 0 spiro atoms. The SMILES string of the molecule is CC(C)N1CCC(Nc2ccccc2Cn2cccn2)C1. The maximum atomic E-state index is 4.30. The average Bonchev–Trinajstić information content (AvgIpc) is 3.12. The highest BCUT2D eigenvalue weighted by Crippen LogP contribution is 2.21. The van der Waals surface area contributed by atoms with Gasteiger partial charge >= 0.3 is 0 Å². The Hall–Kier alpha value is -1.81. The van der Waals surface area contributed by atoms with Gasteiger partial charge in [-0.15, -0.1) is 0 Å². The molecule has 1 unspecified atom stereocenters. The highest BCUT2D eigenvalue weighted by molar-refractivity contribution is 5.52. The Balaban J connectivity index is 1.68. The molecule has 2 heterocycles. The van der Waals surface area contributed by atoms with Gasteiger partial charge in [-0.25, -0.2) is 0 Å². The summed E-state index contributed by atoms with van der Waals surface area (Å²) in [7, 11) is 0. The van der Waals surface area contributed by atoms with Gasteiger partial charge in [-0.1, -0.05) is 18.2 Å². The predicted octanol–water partition coefficient (Wildman–Crippen LogP) is 2.83. The fourth-order valence-electron chi connectivity index (χ4n) is 2.96. The summed E-state index contributed by atoms with van der Waals surface area (Å²) in [5, 5.41) is 8.02. The van der Waals surface area contributed by atoms with Crippen LogP contribution in [0.25, 0.3) is 0 Å². The molecular formula is C17H24N4. The quantitative estimate of drug-likeness (QED) is 0.916. The first kappa shape index (κ1) is 14.1. The smallest absolute Gasteiger partial charge is 0.0679 e. The summed E-state index contributed by atoms with van der Waals surface area (Å²) in [5.41, 5.74) is 2.54. The third-order valence-corrected chi connectivity index (χ3v) is 4.22. The molecule has 3 rings (SSSR count). The first-order valence-electron chi connectivity index (χ1n) is 7.78. The summed E-state index contributed by atoms with van der Waals surface area (Å²) in [4.78, 5) is 2.54. The lowest BCUT2D eigenvalue weighted by molar-refractivity contribution is 0.274. The minimum atomic E-state index is 0.547. The molecule has 1 aliphatic heterocycles. The Labute approximate surface area is 126 Å². The van der Waals surface area contributed by atoms with Crippen molar-refractivity contribution in [2.75, 3.05) is 18.4 Å². The molecule has 1 fully saturated rings. The van der Waals surface area contributed by atoms with Crippen molar-refractivity contribution in [1.82, 2.24) is 14.7 Å². The summed E-state index contributed by atoms with van der Waals surface area (Å²) in [6, 6.07) is 11.7. The number of nitrogens with zero attached hydrogens (tertiary/aromatic N) is 3. The van der Waals surface area contributed by atoms with E-state index >= 15 is 0 Å². The fraction of sp³-hybridized carbons (Fsp3) is 0.471. The summed E-state index contributed by atoms with van der Waals surface area (Å²) < 4.78 is 1.97. The van der Waals surface area contributed by atoms with E-state index in [0.717, 1.165) is 13.1 Å². The topological polar surface area (TPSA) is 33.1 Å². The largest absolute Gasteiger partial charge is 0.381 e. The molecule has 0 saturated carbocycles. The molecule has 21 heavy (non-hydrogen) atoms. The van der Waals surface area contributed by atoms with Crippen LogP contribution in [0.15, 0.2) is 42.7 Å². The van der Waals surface area contributed by atoms with E-state index in [1.54, 1.807) is 0 Å². The highest BCUT2D eigenvalue weighted by atomic mass is 15.3. The summed E-state index contributed by atoms with van der Waals surface area (Å²) >= 11 is 0. The molecule has 4 heteroatoms. The van der Waals surface area contributed by atoms with Crippen molar-refractivity contribution in [2.45, 2.75) is 38.9 Å². The van der Waals surface area contributed by atoms with Crippen molar-refractivity contribution >= 4 is 5.69 Å². The number of hydrogen-bond donors (Lipinski definition) is 1. The second kappa shape index (κ2) is 6.31. The third-order valence-electron chi connectivity index (χ3n) is 4.22. The molecule has 1 N–H and O–H groups in total. The van der Waals surface area contributed by atoms with E-state index in [9.17, 15) is 0 Å². The number of hydrogen-bond acceptors (Lipinski definition) is 3. The maximum absolute atomic E-state index is 4.30. The molecule has 0 radical (unpaired) electrons. The van der Waals surface area contributed by atoms with Gasteiger partial charge in [0.15, 0.2) is 0 Å². The van der Waals surface area contributed by atoms with E-state index in [1.807, 2.05) is 23.1 Å². The van der Waals surface area contributed by atoms with Crippen molar-refractivity contribution < 1.29 is 0 Å². The lowest BCUT2D eigenvalue weighted by atomic mass is 10.1. The summed E-state index contributed by atoms with van der Waals surface area (Å²) in [6.07, 6.45) is 5.05. The normalized spacial score (nSPS) is 19.3. The second-order valence-electron chi connectivity index (χ2n) is 6.08. The Morgan fingerprint density at radius 1 is 1.29 bits per heavy atom. The van der Waals surface area contributed by atoms with Crippen molar-refractivity contribution in [1.29, 1.82) is 0 Å². The average molecular weight is 284 g/mol. The molecule has 0 amide bonds. The first-order chi connectivity index (χ1) is 10.2. The van der Waals surface area contributed by atoms with Gasteiger partial charge in [-0.2, -0.15) is 5.10 Å². The van der Waals surface area contributed by atoms with Crippen molar-refractivity contribution in [3.05, 3.63) is 48.3 Å². The lowest BCUT2D eigenvalue weighted by Gasteiger charge is -2.21. The van der Waals surface area contributed by atoms with Gasteiger partial charge in [0.05, 0.1) is 6.54 Å². The predicted molar refractivity (Wildman–Crippen MR) is 86.5 cm³/mol. The third kappa shape index (κ3) is 3.45. The number of rotatable bonds is 5. The molecule has 0 aliphatic carbocycles. The first-order valence-corrected chi connectivity index (χ1v) is 7.78. The van der Waals surface area contributed by atoms with E-state index in [2.05, 4.69) is 53.4 Å². The standard InChI is InChI=1S/C17H24N4/c1-14(2)20-11-8-16(13-20)19-17-7-4-3-6-15(17)12-21-10-5-9-18-21/h3-7,9-10,14,16,19H,8,11-13H2,1-2H3. The van der Waals surface area contributed by atoms with Crippen LogP contribution in [0.5, 0.6) is 0 Å². The minimum Gasteiger partial charge on any atom is -0.381 e. The van der Waals surface area contributed by atoms with Crippen LogP contribution in [0, 0.1) is 0 Å². The molecule has 2 aromatic rings. The molecule has 1 atom stereocenters. The molecular weight excluding hydrogens is 260 g/mol. The zero-order valence-electron chi connectivity index (χ0n) is 12.9. The molecule has 1 aliphatic rings. The zero-order valence-corrected chi connectivity index (χ0v) is 12.9. The number of anilines is 1. The molecule has 4 nitrogen and oxygen atoms in total. The van der Waals surface area contributed by atoms with Gasteiger partial charge in [0.25, 0.3) is 0 Å². The molecule has 1 aromatic carbocycles. The van der Waals surface area contributed by atoms with Gasteiger partial charge in [0.2, 0.25) is 0 Å². The van der Waals surface area contributed by atoms with Crippen LogP contribution in [0.2, 0.25) is 0 Å². The second-order valence-corrected chi connectivity index (χ2v) is 6.08. The van der Waals surface area contributed by atoms with E-state index < -0.39 is 0 Å². The van der Waals surface area contributed by atoms with Crippen LogP contribution in [0.3, 0.4) is 0 Å². The Morgan fingerprint density at radius 2 is 2.14 bits per heavy atom. The molecule has 1 aromatic heterocycles. The number of aromatic nitrogens is 2. The van der Waals surface area contributed by atoms with Crippen LogP contribution < -0.4 is 5.32 Å². The molecule has 112 valence electrons. The maximum Gasteiger partial charge on any atom is 0.0679 e. The van der Waals surface area contributed by atoms with Gasteiger partial charge in [0.1, 0.15) is 0 Å². The van der Waals surface area contributed by atoms with Crippen LogP contribution in [0.1, 0.15) is 25.8 Å². The fourth-order valence-corrected chi connectivity index (χ4v) is 2.96. The zero-order chi connectivity index (χ0) is 14.7. The van der Waals surface area contributed by atoms with Gasteiger partial charge in [-0.3, -0.25) is 9.58 Å². The Kier molecular flexibility index (Phi) is 4.25. The van der Waals surface area contributed by atoms with Crippen molar-refractivity contribution in [2.24, 2.45) is 0 Å². The van der Waals surface area contributed by atoms with Crippen LogP contribution in [0.4, 0.5) is 5.69 Å². The van der Waals surface area contributed by atoms with Gasteiger partial charge < -0.3 is 5.32 Å². The number of benzene rings is 1. The van der Waals surface area contributed by atoms with Crippen LogP contribution >= 0.6 is 0 Å². The minimum absolute atomic E-state index is 0.547.